The normalized spacial score (nSPS) is 12.1. The first-order chi connectivity index (χ1) is 13.7. The molecule has 2 heteroatoms. The zero-order valence-electron chi connectivity index (χ0n) is 20.6. The second-order valence-electron chi connectivity index (χ2n) is 9.49. The van der Waals surface area contributed by atoms with Crippen molar-refractivity contribution in [3.8, 4) is 0 Å². The predicted octanol–water partition coefficient (Wildman–Crippen LogP) is 9.81. The van der Waals surface area contributed by atoms with Gasteiger partial charge in [0.1, 0.15) is 0 Å². The Hall–Kier alpha value is 1.15. The minimum absolute atomic E-state index is 0.521. The van der Waals surface area contributed by atoms with Gasteiger partial charge in [0.05, 0.1) is 0 Å². The molecule has 0 bridgehead atoms. The van der Waals surface area contributed by atoms with Crippen LogP contribution in [0.2, 0.25) is 9.88 Å². The van der Waals surface area contributed by atoms with Crippen LogP contribution in [0.4, 0.5) is 0 Å². The first-order valence-electron chi connectivity index (χ1n) is 13.5. The van der Waals surface area contributed by atoms with Crippen molar-refractivity contribution < 1.29 is 0 Å². The molecule has 0 spiro atoms. The van der Waals surface area contributed by atoms with Gasteiger partial charge in [0.25, 0.3) is 0 Å². The Balaban J connectivity index is 3.44. The number of hydrogen-bond donors (Lipinski definition) is 1. The van der Waals surface area contributed by atoms with Gasteiger partial charge in [-0.3, -0.25) is 0 Å². The standard InChI is InChI=1S/C24H50S.2CH3.Sn.H/c1-3-5-7-9-11-13-15-17-19-21-23-25-24-22-20-18-16-14-12-10-8-6-4-2;;;;/h3-24H2,1-2H3;2*1H3;;/q;;;-1;/p+1. The summed E-state index contributed by atoms with van der Waals surface area (Å²) in [4.78, 5) is 5.39. The SMILES string of the molecule is CCCCCCCCCCCC[SH](CCCCCCCCCCCC)[SnH]([CH3])[CH3]. The van der Waals surface area contributed by atoms with E-state index in [0.29, 0.717) is 8.08 Å². The van der Waals surface area contributed by atoms with Crippen LogP contribution in [0.3, 0.4) is 0 Å². The third kappa shape index (κ3) is 21.8. The van der Waals surface area contributed by atoms with E-state index >= 15 is 0 Å². The van der Waals surface area contributed by atoms with E-state index in [0.717, 1.165) is 0 Å². The van der Waals surface area contributed by atoms with Crippen molar-refractivity contribution in [3.05, 3.63) is 0 Å². The van der Waals surface area contributed by atoms with Crippen molar-refractivity contribution in [1.29, 1.82) is 0 Å². The van der Waals surface area contributed by atoms with Gasteiger partial charge in [-0.2, -0.15) is 0 Å². The van der Waals surface area contributed by atoms with Crippen LogP contribution in [0.25, 0.3) is 0 Å². The number of rotatable bonds is 23. The molecule has 0 fully saturated rings. The third-order valence-corrected chi connectivity index (χ3v) is 26.5. The van der Waals surface area contributed by atoms with E-state index in [2.05, 4.69) is 23.7 Å². The molecular weight excluding hydrogens is 463 g/mol. The Bertz CT molecular complexity index is 256. The van der Waals surface area contributed by atoms with Gasteiger partial charge < -0.3 is 0 Å². The number of unbranched alkanes of at least 4 members (excludes halogenated alkanes) is 18. The van der Waals surface area contributed by atoms with Crippen LogP contribution in [0, 0.1) is 0 Å². The number of hydrogen-bond acceptors (Lipinski definition) is 0. The summed E-state index contributed by atoms with van der Waals surface area (Å²) >= 11 is -1.07. The molecule has 0 radical (unpaired) electrons. The monoisotopic (exact) mass is 522 g/mol. The predicted molar refractivity (Wildman–Crippen MR) is 141 cm³/mol. The van der Waals surface area contributed by atoms with E-state index in [9.17, 15) is 0 Å². The van der Waals surface area contributed by atoms with Crippen LogP contribution in [-0.4, -0.2) is 29.9 Å². The van der Waals surface area contributed by atoms with Crippen molar-refractivity contribution in [2.24, 2.45) is 0 Å². The second-order valence-corrected chi connectivity index (χ2v) is 31.0. The zero-order valence-corrected chi connectivity index (χ0v) is 24.8. The molecule has 0 aromatic rings. The number of thiol groups is 1. The molecular formula is C26H58SSn. The molecule has 0 saturated carbocycles. The molecule has 0 atom stereocenters. The molecule has 0 rings (SSSR count). The molecule has 0 nitrogen and oxygen atoms in total. The summed E-state index contributed by atoms with van der Waals surface area (Å²) in [5.41, 5.74) is 0. The molecule has 0 heterocycles. The maximum atomic E-state index is 2.69. The Morgan fingerprint density at radius 3 is 0.893 bits per heavy atom. The van der Waals surface area contributed by atoms with E-state index in [-0.39, 0.29) is 0 Å². The summed E-state index contributed by atoms with van der Waals surface area (Å²) in [6.45, 7) is 4.62. The van der Waals surface area contributed by atoms with Crippen LogP contribution in [-0.2, 0) is 0 Å². The summed E-state index contributed by atoms with van der Waals surface area (Å²) in [6.07, 6.45) is 29.8. The van der Waals surface area contributed by atoms with Crippen molar-refractivity contribution in [1.82, 2.24) is 0 Å². The zero-order chi connectivity index (χ0) is 20.7. The average Bonchev–Trinajstić information content (AvgIpc) is 2.68. The van der Waals surface area contributed by atoms with E-state index in [1.165, 1.54) is 116 Å². The quantitative estimate of drug-likeness (QED) is 0.0772. The van der Waals surface area contributed by atoms with Gasteiger partial charge in [-0.25, -0.2) is 0 Å². The molecule has 28 heavy (non-hydrogen) atoms. The van der Waals surface area contributed by atoms with E-state index in [1.807, 2.05) is 0 Å². The van der Waals surface area contributed by atoms with Gasteiger partial charge in [-0.15, -0.1) is 0 Å². The fourth-order valence-electron chi connectivity index (χ4n) is 4.23. The minimum atomic E-state index is -1.07. The third-order valence-electron chi connectivity index (χ3n) is 6.33. The topological polar surface area (TPSA) is 0 Å². The van der Waals surface area contributed by atoms with Crippen molar-refractivity contribution in [2.45, 2.75) is 152 Å². The first-order valence-corrected chi connectivity index (χ1v) is 26.3. The van der Waals surface area contributed by atoms with Crippen molar-refractivity contribution in [3.63, 3.8) is 0 Å². The summed E-state index contributed by atoms with van der Waals surface area (Å²) in [6, 6.07) is 0. The van der Waals surface area contributed by atoms with E-state index in [1.54, 1.807) is 24.3 Å². The molecule has 0 amide bonds. The average molecular weight is 522 g/mol. The van der Waals surface area contributed by atoms with Gasteiger partial charge in [0, 0.05) is 0 Å². The van der Waals surface area contributed by atoms with Crippen molar-refractivity contribution >= 4 is 26.5 Å². The summed E-state index contributed by atoms with van der Waals surface area (Å²) < 4.78 is 0. The Morgan fingerprint density at radius 2 is 0.643 bits per heavy atom. The molecule has 0 saturated heterocycles. The summed E-state index contributed by atoms with van der Waals surface area (Å²) in [5, 5.41) is 0. The van der Waals surface area contributed by atoms with Crippen LogP contribution < -0.4 is 0 Å². The second kappa shape index (κ2) is 24.4. The molecule has 0 aliphatic heterocycles. The maximum absolute atomic E-state index is 2.69. The molecule has 0 unspecified atom stereocenters. The fourth-order valence-corrected chi connectivity index (χ4v) is 18.7. The Kier molecular flexibility index (Phi) is 25.4. The Labute approximate surface area is 189 Å². The van der Waals surface area contributed by atoms with Gasteiger partial charge in [-0.1, -0.05) is 13.8 Å². The fraction of sp³-hybridized carbons (Fsp3) is 1.00. The van der Waals surface area contributed by atoms with Gasteiger partial charge in [0.15, 0.2) is 0 Å². The molecule has 0 aliphatic carbocycles. The van der Waals surface area contributed by atoms with E-state index < -0.39 is 18.4 Å². The molecule has 0 N–H and O–H groups in total. The van der Waals surface area contributed by atoms with Crippen molar-refractivity contribution in [2.75, 3.05) is 11.5 Å². The summed E-state index contributed by atoms with van der Waals surface area (Å²) in [5.74, 6) is 3.30. The first kappa shape index (κ1) is 29.1. The molecule has 0 aromatic carbocycles. The van der Waals surface area contributed by atoms with Crippen LogP contribution in [0.5, 0.6) is 0 Å². The van der Waals surface area contributed by atoms with Gasteiger partial charge in [0.2, 0.25) is 0 Å². The van der Waals surface area contributed by atoms with Crippen LogP contribution in [0.1, 0.15) is 142 Å². The summed E-state index contributed by atoms with van der Waals surface area (Å²) in [7, 11) is 0.521. The Morgan fingerprint density at radius 1 is 0.393 bits per heavy atom. The molecule has 0 aromatic heterocycles. The van der Waals surface area contributed by atoms with Gasteiger partial charge in [-0.05, 0) is 0 Å². The molecule has 0 aliphatic rings. The van der Waals surface area contributed by atoms with Crippen LogP contribution in [0.15, 0.2) is 0 Å². The van der Waals surface area contributed by atoms with E-state index in [4.69, 9.17) is 0 Å². The molecule has 172 valence electrons. The van der Waals surface area contributed by atoms with Gasteiger partial charge >= 0.3 is 176 Å². The van der Waals surface area contributed by atoms with Crippen LogP contribution >= 0.6 is 8.08 Å².